The van der Waals surface area contributed by atoms with E-state index in [9.17, 15) is 8.42 Å². The number of guanidine groups is 1. The number of ether oxygens (including phenoxy) is 1. The first-order valence-corrected chi connectivity index (χ1v) is 11.8. The van der Waals surface area contributed by atoms with Crippen molar-refractivity contribution < 1.29 is 13.2 Å². The third-order valence-corrected chi connectivity index (χ3v) is 6.38. The molecule has 1 aliphatic heterocycles. The average molecular weight is 538 g/mol. The Morgan fingerprint density at radius 2 is 2.10 bits per heavy atom. The van der Waals surface area contributed by atoms with Crippen LogP contribution in [0.25, 0.3) is 0 Å². The number of benzene rings is 1. The smallest absolute Gasteiger partial charge is 0.211 e. The topological polar surface area (TPSA) is 83.0 Å². The Labute approximate surface area is 192 Å². The molecule has 2 N–H and O–H groups in total. The predicted molar refractivity (Wildman–Crippen MR) is 130 cm³/mol. The van der Waals surface area contributed by atoms with Crippen LogP contribution >= 0.6 is 24.0 Å². The largest absolute Gasteiger partial charge is 0.490 e. The molecular weight excluding hydrogens is 503 g/mol. The van der Waals surface area contributed by atoms with Gasteiger partial charge in [-0.1, -0.05) is 19.1 Å². The van der Waals surface area contributed by atoms with E-state index in [0.717, 1.165) is 36.1 Å². The Bertz CT molecular complexity index is 786. The summed E-state index contributed by atoms with van der Waals surface area (Å²) in [6, 6.07) is 6.16. The maximum atomic E-state index is 11.9. The van der Waals surface area contributed by atoms with E-state index in [4.69, 9.17) is 4.74 Å². The van der Waals surface area contributed by atoms with Gasteiger partial charge < -0.3 is 15.4 Å². The molecule has 1 fully saturated rings. The monoisotopic (exact) mass is 538 g/mol. The first-order chi connectivity index (χ1) is 13.2. The molecule has 1 aromatic carbocycles. The van der Waals surface area contributed by atoms with Crippen molar-refractivity contribution in [3.63, 3.8) is 0 Å². The lowest BCUT2D eigenvalue weighted by molar-refractivity contribution is 0.215. The second-order valence-corrected chi connectivity index (χ2v) is 9.36. The summed E-state index contributed by atoms with van der Waals surface area (Å²) in [5.41, 5.74) is 2.22. The van der Waals surface area contributed by atoms with E-state index < -0.39 is 10.0 Å². The molecule has 1 unspecified atom stereocenters. The second kappa shape index (κ2) is 11.9. The summed E-state index contributed by atoms with van der Waals surface area (Å²) < 4.78 is 31.4. The molecule has 166 valence electrons. The van der Waals surface area contributed by atoms with Crippen molar-refractivity contribution >= 4 is 40.0 Å². The summed E-state index contributed by atoms with van der Waals surface area (Å²) >= 11 is 0. The summed E-state index contributed by atoms with van der Waals surface area (Å²) in [4.78, 5) is 4.26. The quantitative estimate of drug-likeness (QED) is 0.302. The van der Waals surface area contributed by atoms with Gasteiger partial charge in [0.2, 0.25) is 10.0 Å². The van der Waals surface area contributed by atoms with Gasteiger partial charge in [0.1, 0.15) is 5.75 Å². The van der Waals surface area contributed by atoms with Gasteiger partial charge in [0.15, 0.2) is 5.96 Å². The lowest BCUT2D eigenvalue weighted by Crippen LogP contribution is -2.46. The maximum absolute atomic E-state index is 11.9. The van der Waals surface area contributed by atoms with Crippen molar-refractivity contribution in [1.82, 2.24) is 14.9 Å². The average Bonchev–Trinajstić information content (AvgIpc) is 3.12. The fourth-order valence-corrected chi connectivity index (χ4v) is 4.46. The van der Waals surface area contributed by atoms with Crippen molar-refractivity contribution in [2.75, 3.05) is 26.4 Å². The number of hydrogen-bond donors (Lipinski definition) is 2. The zero-order valence-corrected chi connectivity index (χ0v) is 21.2. The number of rotatable bonds is 8. The molecule has 1 heterocycles. The summed E-state index contributed by atoms with van der Waals surface area (Å²) in [5.74, 6) is 1.53. The molecule has 29 heavy (non-hydrogen) atoms. The van der Waals surface area contributed by atoms with E-state index in [2.05, 4.69) is 54.6 Å². The minimum Gasteiger partial charge on any atom is -0.490 e. The number of nitrogens with zero attached hydrogens (tertiary/aromatic N) is 2. The van der Waals surface area contributed by atoms with Crippen LogP contribution in [0.5, 0.6) is 5.75 Å². The van der Waals surface area contributed by atoms with Gasteiger partial charge in [-0.2, -0.15) is 4.31 Å². The molecular formula is C20H35IN4O3S. The molecule has 0 saturated carbocycles. The predicted octanol–water partition coefficient (Wildman–Crippen LogP) is 2.88. The molecule has 9 heteroatoms. The van der Waals surface area contributed by atoms with Crippen LogP contribution in [0.1, 0.15) is 44.2 Å². The summed E-state index contributed by atoms with van der Waals surface area (Å²) in [7, 11) is -1.46. The Kier molecular flexibility index (Phi) is 10.7. The molecule has 2 rings (SSSR count). The Balaban J connectivity index is 0.00000420. The highest BCUT2D eigenvalue weighted by Crippen LogP contribution is 2.22. The molecule has 0 radical (unpaired) electrons. The Morgan fingerprint density at radius 3 is 2.72 bits per heavy atom. The van der Waals surface area contributed by atoms with Crippen LogP contribution in [0.15, 0.2) is 23.2 Å². The lowest BCUT2D eigenvalue weighted by atomic mass is 10.1. The summed E-state index contributed by atoms with van der Waals surface area (Å²) in [6.45, 7) is 7.93. The van der Waals surface area contributed by atoms with E-state index in [1.165, 1.54) is 6.26 Å². The molecule has 0 amide bonds. The van der Waals surface area contributed by atoms with Gasteiger partial charge in [-0.15, -0.1) is 24.0 Å². The van der Waals surface area contributed by atoms with Crippen molar-refractivity contribution in [1.29, 1.82) is 0 Å². The third kappa shape index (κ3) is 7.93. The third-order valence-electron chi connectivity index (χ3n) is 5.05. The molecule has 7 nitrogen and oxygen atoms in total. The highest BCUT2D eigenvalue weighted by atomic mass is 127. The van der Waals surface area contributed by atoms with Crippen molar-refractivity contribution in [2.45, 2.75) is 58.7 Å². The van der Waals surface area contributed by atoms with Gasteiger partial charge in [0.25, 0.3) is 0 Å². The van der Waals surface area contributed by atoms with Crippen molar-refractivity contribution in [2.24, 2.45) is 4.99 Å². The molecule has 0 aliphatic carbocycles. The lowest BCUT2D eigenvalue weighted by Gasteiger charge is -2.23. The van der Waals surface area contributed by atoms with Gasteiger partial charge >= 0.3 is 0 Å². The van der Waals surface area contributed by atoms with Crippen LogP contribution < -0.4 is 15.4 Å². The maximum Gasteiger partial charge on any atom is 0.211 e. The van der Waals surface area contributed by atoms with Crippen LogP contribution in [-0.2, 0) is 16.6 Å². The van der Waals surface area contributed by atoms with Gasteiger partial charge in [-0.05, 0) is 44.7 Å². The number of sulfonamides is 1. The van der Waals surface area contributed by atoms with Crippen LogP contribution in [0.4, 0.5) is 0 Å². The van der Waals surface area contributed by atoms with Crippen molar-refractivity contribution in [3.05, 3.63) is 29.3 Å². The SMILES string of the molecule is CCC(C)Oc1cc(C)ccc1CNC(=NC)NC[C@H]1CCCN1S(C)(=O)=O.I. The first-order valence-electron chi connectivity index (χ1n) is 9.92. The Hall–Kier alpha value is -1.07. The van der Waals surface area contributed by atoms with E-state index in [0.29, 0.717) is 25.6 Å². The fraction of sp³-hybridized carbons (Fsp3) is 0.650. The van der Waals surface area contributed by atoms with Crippen molar-refractivity contribution in [3.8, 4) is 5.75 Å². The highest BCUT2D eigenvalue weighted by molar-refractivity contribution is 14.0. The number of nitrogens with one attached hydrogen (secondary N) is 2. The standard InChI is InChI=1S/C20H34N4O3S.HI/c1-6-16(3)27-19-12-15(2)9-10-17(19)13-22-20(21-4)23-14-18-8-7-11-24(18)28(5,25)26;/h9-10,12,16,18H,6-8,11,13-14H2,1-5H3,(H2,21,22,23);1H/t16?,18-;/m1./s1. The summed E-state index contributed by atoms with van der Waals surface area (Å²) in [5, 5.41) is 6.56. The number of aliphatic imine (C=N–C) groups is 1. The van der Waals surface area contributed by atoms with Gasteiger partial charge in [0, 0.05) is 38.3 Å². The molecule has 1 saturated heterocycles. The molecule has 1 aliphatic rings. The molecule has 0 spiro atoms. The van der Waals surface area contributed by atoms with Crippen LogP contribution in [0, 0.1) is 6.92 Å². The molecule has 0 bridgehead atoms. The van der Waals surface area contributed by atoms with Gasteiger partial charge in [-0.3, -0.25) is 4.99 Å². The molecule has 1 aromatic rings. The number of hydrogen-bond acceptors (Lipinski definition) is 4. The number of aryl methyl sites for hydroxylation is 1. The van der Waals surface area contributed by atoms with E-state index >= 15 is 0 Å². The van der Waals surface area contributed by atoms with E-state index in [1.807, 2.05) is 0 Å². The minimum absolute atomic E-state index is 0. The normalized spacial score (nSPS) is 18.8. The van der Waals surface area contributed by atoms with E-state index in [-0.39, 0.29) is 36.1 Å². The second-order valence-electron chi connectivity index (χ2n) is 7.42. The zero-order valence-electron chi connectivity index (χ0n) is 18.1. The van der Waals surface area contributed by atoms with Crippen LogP contribution in [0.3, 0.4) is 0 Å². The van der Waals surface area contributed by atoms with Crippen LogP contribution in [-0.4, -0.2) is 57.2 Å². The van der Waals surface area contributed by atoms with Gasteiger partial charge in [-0.25, -0.2) is 8.42 Å². The van der Waals surface area contributed by atoms with Crippen LogP contribution in [0.2, 0.25) is 0 Å². The zero-order chi connectivity index (χ0) is 20.7. The Morgan fingerprint density at radius 1 is 1.38 bits per heavy atom. The van der Waals surface area contributed by atoms with E-state index in [1.54, 1.807) is 11.4 Å². The first kappa shape index (κ1) is 26.0. The minimum atomic E-state index is -3.17. The molecule has 2 atom stereocenters. The fourth-order valence-electron chi connectivity index (χ4n) is 3.28. The highest BCUT2D eigenvalue weighted by Gasteiger charge is 2.31. The molecule has 0 aromatic heterocycles. The number of halogens is 1. The van der Waals surface area contributed by atoms with Gasteiger partial charge in [0.05, 0.1) is 12.4 Å². The summed E-state index contributed by atoms with van der Waals surface area (Å²) in [6.07, 6.45) is 4.13.